The summed E-state index contributed by atoms with van der Waals surface area (Å²) in [4.78, 5) is 28.8. The van der Waals surface area contributed by atoms with Gasteiger partial charge >= 0.3 is 12.0 Å². The molecule has 7 nitrogen and oxygen atoms in total. The van der Waals surface area contributed by atoms with E-state index in [9.17, 15) is 9.59 Å². The predicted molar refractivity (Wildman–Crippen MR) is 92.3 cm³/mol. The van der Waals surface area contributed by atoms with Crippen LogP contribution in [-0.4, -0.2) is 54.4 Å². The fraction of sp³-hybridized carbons (Fsp3) is 0.765. The first-order valence-corrected chi connectivity index (χ1v) is 8.21. The van der Waals surface area contributed by atoms with E-state index in [1.165, 1.54) is 0 Å². The number of carbonyl (C=O) groups is 2. The Morgan fingerprint density at radius 1 is 1.21 bits per heavy atom. The van der Waals surface area contributed by atoms with Gasteiger partial charge in [0.05, 0.1) is 13.7 Å². The van der Waals surface area contributed by atoms with Gasteiger partial charge < -0.3 is 20.2 Å². The second-order valence-electron chi connectivity index (χ2n) is 7.52. The van der Waals surface area contributed by atoms with Gasteiger partial charge in [-0.1, -0.05) is 6.58 Å². The maximum absolute atomic E-state index is 12.0. The summed E-state index contributed by atoms with van der Waals surface area (Å²) < 4.78 is 4.93. The highest BCUT2D eigenvalue weighted by atomic mass is 16.7. The molecule has 0 unspecified atom stereocenters. The number of amides is 2. The van der Waals surface area contributed by atoms with Crippen LogP contribution in [0, 0.1) is 0 Å². The van der Waals surface area contributed by atoms with Crippen LogP contribution in [0.4, 0.5) is 4.79 Å². The Bertz CT molecular complexity index is 470. The standard InChI is InChI=1S/C17H31N3O4/c1-12(2)14(21)24-9-8-18-15(22)19-13-10-16(3,4)20(23-7)17(5,6)11-13/h13H,1,8-11H2,2-7H3,(H2,18,19,22). The molecule has 0 aromatic heterocycles. The Morgan fingerprint density at radius 2 is 1.75 bits per heavy atom. The Labute approximate surface area is 144 Å². The van der Waals surface area contributed by atoms with Crippen LogP contribution < -0.4 is 10.6 Å². The molecule has 1 heterocycles. The third-order valence-corrected chi connectivity index (χ3v) is 4.08. The van der Waals surface area contributed by atoms with Crippen molar-refractivity contribution in [2.45, 2.75) is 64.6 Å². The second kappa shape index (κ2) is 7.98. The van der Waals surface area contributed by atoms with Crippen LogP contribution in [0.25, 0.3) is 0 Å². The van der Waals surface area contributed by atoms with E-state index in [1.807, 2.05) is 5.06 Å². The Hall–Kier alpha value is -1.60. The fourth-order valence-electron chi connectivity index (χ4n) is 3.53. The zero-order chi connectivity index (χ0) is 18.5. The molecule has 1 aliphatic heterocycles. The van der Waals surface area contributed by atoms with Gasteiger partial charge in [-0.2, -0.15) is 5.06 Å². The van der Waals surface area contributed by atoms with E-state index in [-0.39, 0.29) is 36.3 Å². The largest absolute Gasteiger partial charge is 0.460 e. The van der Waals surface area contributed by atoms with E-state index in [1.54, 1.807) is 14.0 Å². The topological polar surface area (TPSA) is 79.9 Å². The van der Waals surface area contributed by atoms with Crippen molar-refractivity contribution in [1.82, 2.24) is 15.7 Å². The van der Waals surface area contributed by atoms with Crippen molar-refractivity contribution in [3.05, 3.63) is 12.2 Å². The van der Waals surface area contributed by atoms with Gasteiger partial charge in [-0.05, 0) is 47.5 Å². The van der Waals surface area contributed by atoms with Gasteiger partial charge in [0.2, 0.25) is 0 Å². The number of piperidine rings is 1. The molecule has 0 aromatic carbocycles. The number of hydroxylamine groups is 2. The van der Waals surface area contributed by atoms with Gasteiger partial charge in [0.15, 0.2) is 0 Å². The number of hydrogen-bond acceptors (Lipinski definition) is 5. The highest BCUT2D eigenvalue weighted by Crippen LogP contribution is 2.38. The van der Waals surface area contributed by atoms with Crippen molar-refractivity contribution >= 4 is 12.0 Å². The van der Waals surface area contributed by atoms with Gasteiger partial charge in [-0.25, -0.2) is 9.59 Å². The average Bonchev–Trinajstić information content (AvgIpc) is 2.40. The van der Waals surface area contributed by atoms with Crippen LogP contribution in [0.5, 0.6) is 0 Å². The summed E-state index contributed by atoms with van der Waals surface area (Å²) in [6, 6.07) is -0.219. The van der Waals surface area contributed by atoms with Crippen LogP contribution in [0.15, 0.2) is 12.2 Å². The monoisotopic (exact) mass is 341 g/mol. The SMILES string of the molecule is C=C(C)C(=O)OCCNC(=O)NC1CC(C)(C)N(OC)C(C)(C)C1. The van der Waals surface area contributed by atoms with Crippen molar-refractivity contribution in [2.75, 3.05) is 20.3 Å². The number of esters is 1. The summed E-state index contributed by atoms with van der Waals surface area (Å²) >= 11 is 0. The van der Waals surface area contributed by atoms with Crippen molar-refractivity contribution in [3.8, 4) is 0 Å². The van der Waals surface area contributed by atoms with Gasteiger partial charge in [0.1, 0.15) is 6.61 Å². The highest BCUT2D eigenvalue weighted by molar-refractivity contribution is 5.86. The lowest BCUT2D eigenvalue weighted by molar-refractivity contribution is -0.267. The van der Waals surface area contributed by atoms with E-state index >= 15 is 0 Å². The molecule has 0 saturated carbocycles. The summed E-state index contributed by atoms with van der Waals surface area (Å²) in [5.74, 6) is -0.451. The first-order valence-electron chi connectivity index (χ1n) is 8.21. The van der Waals surface area contributed by atoms with Crippen molar-refractivity contribution in [3.63, 3.8) is 0 Å². The fourth-order valence-corrected chi connectivity index (χ4v) is 3.53. The summed E-state index contributed by atoms with van der Waals surface area (Å²) in [6.45, 7) is 13.9. The molecule has 1 rings (SSSR count). The zero-order valence-corrected chi connectivity index (χ0v) is 15.7. The van der Waals surface area contributed by atoms with Gasteiger partial charge in [0.25, 0.3) is 0 Å². The molecule has 7 heteroatoms. The van der Waals surface area contributed by atoms with Crippen LogP contribution in [0.1, 0.15) is 47.5 Å². The predicted octanol–water partition coefficient (Wildman–Crippen LogP) is 1.99. The minimum Gasteiger partial charge on any atom is -0.460 e. The van der Waals surface area contributed by atoms with E-state index in [0.717, 1.165) is 12.8 Å². The minimum atomic E-state index is -0.451. The Morgan fingerprint density at radius 3 is 2.21 bits per heavy atom. The summed E-state index contributed by atoms with van der Waals surface area (Å²) in [5, 5.41) is 7.69. The van der Waals surface area contributed by atoms with Crippen LogP contribution in [0.3, 0.4) is 0 Å². The van der Waals surface area contributed by atoms with Crippen molar-refractivity contribution in [1.29, 1.82) is 0 Å². The normalized spacial score (nSPS) is 20.2. The lowest BCUT2D eigenvalue weighted by atomic mass is 9.79. The highest BCUT2D eigenvalue weighted by Gasteiger charge is 2.46. The molecule has 1 saturated heterocycles. The molecule has 2 amide bonds. The van der Waals surface area contributed by atoms with E-state index in [4.69, 9.17) is 9.57 Å². The smallest absolute Gasteiger partial charge is 0.333 e. The third kappa shape index (κ3) is 5.49. The summed E-state index contributed by atoms with van der Waals surface area (Å²) in [5.41, 5.74) is -0.0365. The minimum absolute atomic E-state index is 0.0411. The molecule has 0 aliphatic carbocycles. The number of carbonyl (C=O) groups excluding carboxylic acids is 2. The van der Waals surface area contributed by atoms with E-state index < -0.39 is 5.97 Å². The number of hydrogen-bond donors (Lipinski definition) is 2. The number of ether oxygens (including phenoxy) is 1. The molecule has 2 N–H and O–H groups in total. The summed E-state index contributed by atoms with van der Waals surface area (Å²) in [6.07, 6.45) is 1.56. The maximum atomic E-state index is 12.0. The molecule has 0 aromatic rings. The molecule has 0 atom stereocenters. The Kier molecular flexibility index (Phi) is 6.80. The number of urea groups is 1. The first-order chi connectivity index (χ1) is 11.0. The quantitative estimate of drug-likeness (QED) is 0.439. The second-order valence-corrected chi connectivity index (χ2v) is 7.52. The molecule has 1 aliphatic rings. The van der Waals surface area contributed by atoms with Crippen LogP contribution in [0.2, 0.25) is 0 Å². The molecule has 138 valence electrons. The molecular formula is C17H31N3O4. The third-order valence-electron chi connectivity index (χ3n) is 4.08. The summed E-state index contributed by atoms with van der Waals surface area (Å²) in [7, 11) is 1.68. The first kappa shape index (κ1) is 20.4. The van der Waals surface area contributed by atoms with E-state index in [0.29, 0.717) is 5.57 Å². The molecule has 0 spiro atoms. The van der Waals surface area contributed by atoms with Crippen LogP contribution in [-0.2, 0) is 14.4 Å². The lowest BCUT2D eigenvalue weighted by Crippen LogP contribution is -2.64. The molecule has 0 radical (unpaired) electrons. The van der Waals surface area contributed by atoms with Crippen LogP contribution >= 0.6 is 0 Å². The Balaban J connectivity index is 2.45. The van der Waals surface area contributed by atoms with Gasteiger partial charge in [-0.3, -0.25) is 0 Å². The molecular weight excluding hydrogens is 310 g/mol. The molecule has 0 bridgehead atoms. The van der Waals surface area contributed by atoms with Gasteiger partial charge in [-0.15, -0.1) is 0 Å². The average molecular weight is 341 g/mol. The van der Waals surface area contributed by atoms with Crippen molar-refractivity contribution < 1.29 is 19.2 Å². The molecule has 1 fully saturated rings. The lowest BCUT2D eigenvalue weighted by Gasteiger charge is -2.53. The van der Waals surface area contributed by atoms with E-state index in [2.05, 4.69) is 44.9 Å². The number of nitrogens with zero attached hydrogens (tertiary/aromatic N) is 1. The van der Waals surface area contributed by atoms with Gasteiger partial charge in [0, 0.05) is 22.7 Å². The number of nitrogens with one attached hydrogen (secondary N) is 2. The van der Waals surface area contributed by atoms with Crippen molar-refractivity contribution in [2.24, 2.45) is 0 Å². The molecule has 24 heavy (non-hydrogen) atoms. The zero-order valence-electron chi connectivity index (χ0n) is 15.7. The number of rotatable bonds is 6. The maximum Gasteiger partial charge on any atom is 0.333 e.